The Balaban J connectivity index is 1.26. The van der Waals surface area contributed by atoms with Crippen molar-refractivity contribution in [3.63, 3.8) is 0 Å². The maximum absolute atomic E-state index is 13.9. The zero-order valence-electron chi connectivity index (χ0n) is 17.4. The number of piperidine rings is 1. The Bertz CT molecular complexity index is 888. The summed E-state index contributed by atoms with van der Waals surface area (Å²) in [4.78, 5) is 17.9. The van der Waals surface area contributed by atoms with Gasteiger partial charge < -0.3 is 14.7 Å². The third kappa shape index (κ3) is 4.81. The molecule has 1 aliphatic carbocycles. The highest BCUT2D eigenvalue weighted by Crippen LogP contribution is 2.41. The molecule has 1 aliphatic heterocycles. The van der Waals surface area contributed by atoms with E-state index in [1.54, 1.807) is 18.3 Å². The molecule has 30 heavy (non-hydrogen) atoms. The molecular formula is C24H29FN2O3. The Hall–Kier alpha value is -2.47. The minimum atomic E-state index is -1.28. The number of aromatic carboxylic acids is 1. The maximum Gasteiger partial charge on any atom is 0.338 e. The number of ether oxygens (including phenoxy) is 1. The van der Waals surface area contributed by atoms with Crippen molar-refractivity contribution >= 4 is 5.97 Å². The van der Waals surface area contributed by atoms with Crippen LogP contribution >= 0.6 is 0 Å². The van der Waals surface area contributed by atoms with Gasteiger partial charge in [-0.15, -0.1) is 0 Å². The summed E-state index contributed by atoms with van der Waals surface area (Å²) in [6, 6.07) is 7.62. The van der Waals surface area contributed by atoms with Gasteiger partial charge in [0.25, 0.3) is 0 Å². The molecular weight excluding hydrogens is 383 g/mol. The van der Waals surface area contributed by atoms with Crippen LogP contribution in [0.1, 0.15) is 49.4 Å². The predicted octanol–water partition coefficient (Wildman–Crippen LogP) is 4.87. The van der Waals surface area contributed by atoms with Crippen molar-refractivity contribution in [1.29, 1.82) is 0 Å². The summed E-state index contributed by atoms with van der Waals surface area (Å²) in [6.07, 6.45) is 8.10. The van der Waals surface area contributed by atoms with Crippen LogP contribution in [0.2, 0.25) is 0 Å². The molecule has 5 nitrogen and oxygen atoms in total. The Kier molecular flexibility index (Phi) is 6.04. The molecule has 2 heterocycles. The second kappa shape index (κ2) is 8.72. The summed E-state index contributed by atoms with van der Waals surface area (Å²) in [6.45, 7) is 6.64. The summed E-state index contributed by atoms with van der Waals surface area (Å²) >= 11 is 0. The normalized spacial score (nSPS) is 19.3. The molecule has 0 atom stereocenters. The minimum absolute atomic E-state index is 0.341. The van der Waals surface area contributed by atoms with E-state index in [1.165, 1.54) is 37.9 Å². The SMILES string of the molecule is CC1(CN2CCC(COc3ccc(-c4ccc(C(=O)O)c(F)c4)nc3)CC2)CCC1. The number of likely N-dealkylation sites (tertiary alicyclic amines) is 1. The minimum Gasteiger partial charge on any atom is -0.492 e. The highest BCUT2D eigenvalue weighted by atomic mass is 19.1. The lowest BCUT2D eigenvalue weighted by molar-refractivity contribution is 0.0564. The van der Waals surface area contributed by atoms with Crippen LogP contribution in [0.5, 0.6) is 5.75 Å². The molecule has 2 fully saturated rings. The lowest BCUT2D eigenvalue weighted by Crippen LogP contribution is -2.44. The van der Waals surface area contributed by atoms with Gasteiger partial charge in [0, 0.05) is 12.1 Å². The van der Waals surface area contributed by atoms with E-state index in [-0.39, 0.29) is 5.56 Å². The number of carboxylic acid groups (broad SMARTS) is 1. The van der Waals surface area contributed by atoms with Gasteiger partial charge in [-0.25, -0.2) is 9.18 Å². The first-order valence-corrected chi connectivity index (χ1v) is 10.8. The zero-order chi connectivity index (χ0) is 21.1. The van der Waals surface area contributed by atoms with Crippen LogP contribution in [-0.2, 0) is 0 Å². The Labute approximate surface area is 176 Å². The zero-order valence-corrected chi connectivity index (χ0v) is 17.4. The van der Waals surface area contributed by atoms with Crippen molar-refractivity contribution in [3.8, 4) is 17.0 Å². The number of pyridine rings is 1. The van der Waals surface area contributed by atoms with Crippen molar-refractivity contribution in [3.05, 3.63) is 47.9 Å². The quantitative estimate of drug-likeness (QED) is 0.703. The van der Waals surface area contributed by atoms with Crippen LogP contribution in [0.25, 0.3) is 11.3 Å². The lowest BCUT2D eigenvalue weighted by atomic mass is 9.70. The van der Waals surface area contributed by atoms with Crippen LogP contribution in [0.15, 0.2) is 36.5 Å². The molecule has 2 aliphatic rings. The van der Waals surface area contributed by atoms with Gasteiger partial charge in [-0.3, -0.25) is 4.98 Å². The van der Waals surface area contributed by atoms with Gasteiger partial charge in [-0.05, 0) is 74.4 Å². The maximum atomic E-state index is 13.9. The molecule has 0 radical (unpaired) electrons. The molecule has 4 rings (SSSR count). The van der Waals surface area contributed by atoms with Gasteiger partial charge in [0.2, 0.25) is 0 Å². The number of halogens is 1. The number of nitrogens with zero attached hydrogens (tertiary/aromatic N) is 2. The summed E-state index contributed by atoms with van der Waals surface area (Å²) in [5.41, 5.74) is 1.33. The lowest BCUT2D eigenvalue weighted by Gasteiger charge is -2.44. The number of rotatable bonds is 7. The van der Waals surface area contributed by atoms with Crippen molar-refractivity contribution in [1.82, 2.24) is 9.88 Å². The molecule has 1 aromatic carbocycles. The van der Waals surface area contributed by atoms with Crippen LogP contribution in [0, 0.1) is 17.2 Å². The smallest absolute Gasteiger partial charge is 0.338 e. The van der Waals surface area contributed by atoms with E-state index in [0.717, 1.165) is 25.9 Å². The molecule has 0 bridgehead atoms. The number of benzene rings is 1. The van der Waals surface area contributed by atoms with E-state index in [0.29, 0.717) is 34.9 Å². The van der Waals surface area contributed by atoms with E-state index < -0.39 is 11.8 Å². The van der Waals surface area contributed by atoms with Gasteiger partial charge in [0.1, 0.15) is 11.6 Å². The molecule has 1 aromatic heterocycles. The number of hydrogen-bond acceptors (Lipinski definition) is 4. The first-order chi connectivity index (χ1) is 14.4. The van der Waals surface area contributed by atoms with Gasteiger partial charge in [-0.1, -0.05) is 19.4 Å². The molecule has 1 N–H and O–H groups in total. The predicted molar refractivity (Wildman–Crippen MR) is 113 cm³/mol. The van der Waals surface area contributed by atoms with E-state index in [1.807, 2.05) is 6.07 Å². The van der Waals surface area contributed by atoms with Crippen LogP contribution in [-0.4, -0.2) is 47.2 Å². The van der Waals surface area contributed by atoms with E-state index in [4.69, 9.17) is 9.84 Å². The fraction of sp³-hybridized carbons (Fsp3) is 0.500. The molecule has 0 unspecified atom stereocenters. The topological polar surface area (TPSA) is 62.7 Å². The summed E-state index contributed by atoms with van der Waals surface area (Å²) in [5, 5.41) is 8.93. The largest absolute Gasteiger partial charge is 0.492 e. The van der Waals surface area contributed by atoms with Crippen LogP contribution in [0.4, 0.5) is 4.39 Å². The summed E-state index contributed by atoms with van der Waals surface area (Å²) in [5.74, 6) is -0.780. The molecule has 0 amide bonds. The summed E-state index contributed by atoms with van der Waals surface area (Å²) < 4.78 is 19.8. The van der Waals surface area contributed by atoms with E-state index >= 15 is 0 Å². The highest BCUT2D eigenvalue weighted by molar-refractivity contribution is 5.88. The van der Waals surface area contributed by atoms with Gasteiger partial charge in [-0.2, -0.15) is 0 Å². The number of carboxylic acids is 1. The van der Waals surface area contributed by atoms with Crippen molar-refractivity contribution in [2.75, 3.05) is 26.2 Å². The van der Waals surface area contributed by atoms with Gasteiger partial charge in [0.15, 0.2) is 0 Å². The Morgan fingerprint density at radius 2 is 2.03 bits per heavy atom. The molecule has 1 saturated carbocycles. The molecule has 6 heteroatoms. The number of aromatic nitrogens is 1. The second-order valence-corrected chi connectivity index (χ2v) is 9.07. The van der Waals surface area contributed by atoms with E-state index in [2.05, 4.69) is 16.8 Å². The molecule has 0 spiro atoms. The van der Waals surface area contributed by atoms with Crippen molar-refractivity contribution < 1.29 is 19.0 Å². The Morgan fingerprint density at radius 3 is 2.60 bits per heavy atom. The van der Waals surface area contributed by atoms with Crippen LogP contribution < -0.4 is 4.74 Å². The molecule has 1 saturated heterocycles. The second-order valence-electron chi connectivity index (χ2n) is 9.07. The summed E-state index contributed by atoms with van der Waals surface area (Å²) in [7, 11) is 0. The monoisotopic (exact) mass is 412 g/mol. The first-order valence-electron chi connectivity index (χ1n) is 10.8. The molecule has 2 aromatic rings. The third-order valence-electron chi connectivity index (χ3n) is 6.59. The highest BCUT2D eigenvalue weighted by Gasteiger charge is 2.34. The van der Waals surface area contributed by atoms with Gasteiger partial charge in [0.05, 0.1) is 24.1 Å². The average Bonchev–Trinajstić information content (AvgIpc) is 2.72. The van der Waals surface area contributed by atoms with E-state index in [9.17, 15) is 9.18 Å². The van der Waals surface area contributed by atoms with Crippen LogP contribution in [0.3, 0.4) is 0 Å². The molecule has 160 valence electrons. The van der Waals surface area contributed by atoms with Crippen molar-refractivity contribution in [2.24, 2.45) is 11.3 Å². The Morgan fingerprint density at radius 1 is 1.27 bits per heavy atom. The fourth-order valence-electron chi connectivity index (χ4n) is 4.49. The third-order valence-corrected chi connectivity index (χ3v) is 6.59. The number of carbonyl (C=O) groups is 1. The van der Waals surface area contributed by atoms with Crippen molar-refractivity contribution in [2.45, 2.75) is 39.0 Å². The average molecular weight is 413 g/mol. The standard InChI is InChI=1S/C24H29FN2O3/c1-24(9-2-10-24)16-27-11-7-17(8-12-27)15-30-19-4-6-22(26-14-19)18-3-5-20(23(28)29)21(25)13-18/h3-6,13-14,17H,2,7-12,15-16H2,1H3,(H,28,29). The number of hydrogen-bond donors (Lipinski definition) is 1. The van der Waals surface area contributed by atoms with Gasteiger partial charge >= 0.3 is 5.97 Å². The fourth-order valence-corrected chi connectivity index (χ4v) is 4.49. The first kappa shape index (κ1) is 20.8.